The van der Waals surface area contributed by atoms with Gasteiger partial charge < -0.3 is 10.1 Å². The van der Waals surface area contributed by atoms with Gasteiger partial charge in [-0.3, -0.25) is 4.79 Å². The average molecular weight is 393 g/mol. The Balaban J connectivity index is 1.84. The number of carbonyl (C=O) groups excluding carboxylic acids is 1. The van der Waals surface area contributed by atoms with Crippen LogP contribution in [0.3, 0.4) is 0 Å². The molecular formula is C21H16N2O2S2. The smallest absolute Gasteiger partial charge is 0.263 e. The van der Waals surface area contributed by atoms with E-state index in [0.717, 1.165) is 39.0 Å². The zero-order chi connectivity index (χ0) is 19.0. The predicted molar refractivity (Wildman–Crippen MR) is 115 cm³/mol. The van der Waals surface area contributed by atoms with Crippen LogP contribution in [-0.4, -0.2) is 22.3 Å². The lowest BCUT2D eigenvalue weighted by atomic mass is 10.0. The molecule has 0 unspecified atom stereocenters. The van der Waals surface area contributed by atoms with E-state index in [-0.39, 0.29) is 5.91 Å². The zero-order valence-corrected chi connectivity index (χ0v) is 16.4. The number of fused-ring (bicyclic) bond motifs is 1. The SMILES string of the molecule is COc1ccc(/C=C2\SC(=S)NC2=O)cc1-c1cc(C)c2ccccc2n1. The fourth-order valence-corrected chi connectivity index (χ4v) is 4.12. The second-order valence-electron chi connectivity index (χ2n) is 6.15. The van der Waals surface area contributed by atoms with Crippen molar-refractivity contribution < 1.29 is 9.53 Å². The molecule has 1 aliphatic rings. The normalized spacial score (nSPS) is 15.4. The number of hydrogen-bond donors (Lipinski definition) is 1. The van der Waals surface area contributed by atoms with E-state index < -0.39 is 0 Å². The van der Waals surface area contributed by atoms with Gasteiger partial charge in [-0.1, -0.05) is 48.2 Å². The summed E-state index contributed by atoms with van der Waals surface area (Å²) in [7, 11) is 1.64. The number of para-hydroxylation sites is 1. The standard InChI is InChI=1S/C21H16N2O2S2/c1-12-9-17(22-16-6-4-3-5-14(12)16)15-10-13(7-8-18(15)25-2)11-19-20(24)23-21(26)27-19/h3-11H,1-2H3,(H,23,24,26)/b19-11-. The summed E-state index contributed by atoms with van der Waals surface area (Å²) in [4.78, 5) is 17.3. The molecule has 1 aliphatic heterocycles. The van der Waals surface area contributed by atoms with Crippen LogP contribution in [0.1, 0.15) is 11.1 Å². The minimum Gasteiger partial charge on any atom is -0.496 e. The van der Waals surface area contributed by atoms with Crippen LogP contribution in [-0.2, 0) is 4.79 Å². The Bertz CT molecular complexity index is 1120. The molecule has 0 atom stereocenters. The first-order chi connectivity index (χ1) is 13.0. The van der Waals surface area contributed by atoms with Gasteiger partial charge in [-0.05, 0) is 48.4 Å². The summed E-state index contributed by atoms with van der Waals surface area (Å²) in [6.45, 7) is 2.08. The van der Waals surface area contributed by atoms with E-state index in [1.807, 2.05) is 42.5 Å². The molecule has 0 spiro atoms. The van der Waals surface area contributed by atoms with Crippen LogP contribution in [0.15, 0.2) is 53.4 Å². The molecule has 1 fully saturated rings. The van der Waals surface area contributed by atoms with Crippen molar-refractivity contribution >= 4 is 51.2 Å². The molecule has 0 bridgehead atoms. The first-order valence-electron chi connectivity index (χ1n) is 8.35. The molecule has 134 valence electrons. The molecule has 6 heteroatoms. The molecule has 3 aromatic rings. The van der Waals surface area contributed by atoms with Crippen molar-refractivity contribution in [2.45, 2.75) is 6.92 Å². The highest BCUT2D eigenvalue weighted by atomic mass is 32.2. The van der Waals surface area contributed by atoms with Gasteiger partial charge in [0.1, 0.15) is 10.1 Å². The number of pyridine rings is 1. The molecule has 2 heterocycles. The summed E-state index contributed by atoms with van der Waals surface area (Å²) in [6.07, 6.45) is 1.83. The minimum absolute atomic E-state index is 0.165. The van der Waals surface area contributed by atoms with E-state index in [4.69, 9.17) is 21.9 Å². The third-order valence-corrected chi connectivity index (χ3v) is 5.52. The number of carbonyl (C=O) groups is 1. The van der Waals surface area contributed by atoms with E-state index in [9.17, 15) is 4.79 Å². The Morgan fingerprint density at radius 1 is 1.19 bits per heavy atom. The highest BCUT2D eigenvalue weighted by molar-refractivity contribution is 8.26. The number of rotatable bonds is 3. The molecule has 1 saturated heterocycles. The Kier molecular flexibility index (Phi) is 4.68. The molecule has 2 aromatic carbocycles. The Hall–Kier alpha value is -2.70. The number of ether oxygens (including phenoxy) is 1. The first-order valence-corrected chi connectivity index (χ1v) is 9.57. The van der Waals surface area contributed by atoms with Crippen molar-refractivity contribution in [3.63, 3.8) is 0 Å². The second kappa shape index (κ2) is 7.13. The number of methoxy groups -OCH3 is 1. The predicted octanol–water partition coefficient (Wildman–Crippen LogP) is 4.71. The van der Waals surface area contributed by atoms with Crippen molar-refractivity contribution in [1.29, 1.82) is 0 Å². The lowest BCUT2D eigenvalue weighted by molar-refractivity contribution is -0.115. The number of benzene rings is 2. The number of nitrogens with one attached hydrogen (secondary N) is 1. The lowest BCUT2D eigenvalue weighted by Gasteiger charge is -2.11. The molecule has 1 amide bonds. The van der Waals surface area contributed by atoms with Crippen molar-refractivity contribution in [2.75, 3.05) is 7.11 Å². The Morgan fingerprint density at radius 3 is 2.74 bits per heavy atom. The average Bonchev–Trinajstić information content (AvgIpc) is 2.98. The maximum Gasteiger partial charge on any atom is 0.263 e. The fraction of sp³-hybridized carbons (Fsp3) is 0.0952. The van der Waals surface area contributed by atoms with Gasteiger partial charge >= 0.3 is 0 Å². The number of hydrogen-bond acceptors (Lipinski definition) is 5. The summed E-state index contributed by atoms with van der Waals surface area (Å²) < 4.78 is 6.03. The maximum absolute atomic E-state index is 11.9. The summed E-state index contributed by atoms with van der Waals surface area (Å²) in [5.41, 5.74) is 4.70. The Labute approximate surface area is 166 Å². The van der Waals surface area contributed by atoms with E-state index >= 15 is 0 Å². The van der Waals surface area contributed by atoms with E-state index in [2.05, 4.69) is 24.4 Å². The number of aryl methyl sites for hydroxylation is 1. The van der Waals surface area contributed by atoms with Gasteiger partial charge in [0.15, 0.2) is 0 Å². The van der Waals surface area contributed by atoms with Crippen LogP contribution in [0.5, 0.6) is 5.75 Å². The quantitative estimate of drug-likeness (QED) is 0.517. The van der Waals surface area contributed by atoms with E-state index in [0.29, 0.717) is 9.23 Å². The van der Waals surface area contributed by atoms with Crippen LogP contribution < -0.4 is 10.1 Å². The summed E-state index contributed by atoms with van der Waals surface area (Å²) in [5.74, 6) is 0.570. The highest BCUT2D eigenvalue weighted by Gasteiger charge is 2.22. The third kappa shape index (κ3) is 3.46. The van der Waals surface area contributed by atoms with E-state index in [1.54, 1.807) is 7.11 Å². The number of aromatic nitrogens is 1. The summed E-state index contributed by atoms with van der Waals surface area (Å²) in [6, 6.07) is 15.9. The van der Waals surface area contributed by atoms with Gasteiger partial charge in [-0.25, -0.2) is 4.98 Å². The fourth-order valence-electron chi connectivity index (χ4n) is 3.08. The molecular weight excluding hydrogens is 376 g/mol. The topological polar surface area (TPSA) is 51.2 Å². The lowest BCUT2D eigenvalue weighted by Crippen LogP contribution is -2.17. The second-order valence-corrected chi connectivity index (χ2v) is 7.87. The third-order valence-electron chi connectivity index (χ3n) is 4.36. The van der Waals surface area contributed by atoms with Crippen LogP contribution in [0.25, 0.3) is 28.2 Å². The molecule has 27 heavy (non-hydrogen) atoms. The van der Waals surface area contributed by atoms with Gasteiger partial charge in [0.05, 0.1) is 23.2 Å². The van der Waals surface area contributed by atoms with Crippen LogP contribution in [0.4, 0.5) is 0 Å². The number of amides is 1. The first kappa shape index (κ1) is 17.7. The highest BCUT2D eigenvalue weighted by Crippen LogP contribution is 2.34. The summed E-state index contributed by atoms with van der Waals surface area (Å²) >= 11 is 6.32. The van der Waals surface area contributed by atoms with Gasteiger partial charge in [-0.2, -0.15) is 0 Å². The molecule has 1 N–H and O–H groups in total. The van der Waals surface area contributed by atoms with Crippen molar-refractivity contribution in [1.82, 2.24) is 10.3 Å². The van der Waals surface area contributed by atoms with Gasteiger partial charge in [0.25, 0.3) is 5.91 Å². The largest absolute Gasteiger partial charge is 0.496 e. The minimum atomic E-state index is -0.165. The van der Waals surface area contributed by atoms with E-state index in [1.165, 1.54) is 11.8 Å². The van der Waals surface area contributed by atoms with Crippen molar-refractivity contribution in [2.24, 2.45) is 0 Å². The zero-order valence-electron chi connectivity index (χ0n) is 14.8. The monoisotopic (exact) mass is 392 g/mol. The van der Waals surface area contributed by atoms with Gasteiger partial charge in [0, 0.05) is 10.9 Å². The molecule has 0 saturated carbocycles. The number of thiocarbonyl (C=S) groups is 1. The van der Waals surface area contributed by atoms with Gasteiger partial charge in [-0.15, -0.1) is 0 Å². The van der Waals surface area contributed by atoms with Crippen molar-refractivity contribution in [3.8, 4) is 17.0 Å². The molecule has 4 rings (SSSR count). The van der Waals surface area contributed by atoms with Crippen LogP contribution >= 0.6 is 24.0 Å². The van der Waals surface area contributed by atoms with Crippen LogP contribution in [0, 0.1) is 6.92 Å². The number of nitrogens with zero attached hydrogens (tertiary/aromatic N) is 1. The Morgan fingerprint density at radius 2 is 2.00 bits per heavy atom. The van der Waals surface area contributed by atoms with Gasteiger partial charge in [0.2, 0.25) is 0 Å². The summed E-state index contributed by atoms with van der Waals surface area (Å²) in [5, 5.41) is 3.76. The molecule has 4 nitrogen and oxygen atoms in total. The number of thioether (sulfide) groups is 1. The molecule has 0 aliphatic carbocycles. The van der Waals surface area contributed by atoms with Crippen molar-refractivity contribution in [3.05, 3.63) is 64.6 Å². The molecule has 0 radical (unpaired) electrons. The molecule has 1 aromatic heterocycles. The van der Waals surface area contributed by atoms with Crippen LogP contribution in [0.2, 0.25) is 0 Å². The maximum atomic E-state index is 11.9.